The fraction of sp³-hybridized carbons (Fsp3) is 0.385. The van der Waals surface area contributed by atoms with Gasteiger partial charge in [0.05, 0.1) is 31.2 Å². The SMILES string of the molecule is COc1cc2nc(Cl)nc(N)c2c(OC(C)C)c1OC. The zero-order valence-electron chi connectivity index (χ0n) is 11.7. The second-order valence-corrected chi connectivity index (χ2v) is 4.72. The zero-order valence-corrected chi connectivity index (χ0v) is 12.5. The van der Waals surface area contributed by atoms with Crippen LogP contribution >= 0.6 is 11.6 Å². The van der Waals surface area contributed by atoms with Crippen molar-refractivity contribution in [3.8, 4) is 17.2 Å². The van der Waals surface area contributed by atoms with Crippen molar-refractivity contribution in [1.29, 1.82) is 0 Å². The predicted molar refractivity (Wildman–Crippen MR) is 77.8 cm³/mol. The molecule has 0 aliphatic carbocycles. The minimum Gasteiger partial charge on any atom is -0.493 e. The molecule has 0 aliphatic rings. The van der Waals surface area contributed by atoms with E-state index in [2.05, 4.69) is 9.97 Å². The van der Waals surface area contributed by atoms with Gasteiger partial charge in [0.15, 0.2) is 11.5 Å². The van der Waals surface area contributed by atoms with Gasteiger partial charge in [0.25, 0.3) is 0 Å². The van der Waals surface area contributed by atoms with Crippen molar-refractivity contribution in [2.24, 2.45) is 0 Å². The molecule has 0 saturated carbocycles. The second kappa shape index (κ2) is 5.58. The highest BCUT2D eigenvalue weighted by Crippen LogP contribution is 2.45. The number of methoxy groups -OCH3 is 2. The number of benzene rings is 1. The van der Waals surface area contributed by atoms with E-state index in [4.69, 9.17) is 31.5 Å². The lowest BCUT2D eigenvalue weighted by molar-refractivity contribution is 0.230. The summed E-state index contributed by atoms with van der Waals surface area (Å²) in [5, 5.41) is 0.624. The van der Waals surface area contributed by atoms with Gasteiger partial charge >= 0.3 is 0 Å². The molecule has 6 nitrogen and oxygen atoms in total. The number of rotatable bonds is 4. The van der Waals surface area contributed by atoms with Crippen molar-refractivity contribution < 1.29 is 14.2 Å². The van der Waals surface area contributed by atoms with Crippen molar-refractivity contribution in [2.75, 3.05) is 20.0 Å². The first-order valence-corrected chi connectivity index (χ1v) is 6.40. The van der Waals surface area contributed by atoms with Gasteiger partial charge in [0.1, 0.15) is 5.82 Å². The van der Waals surface area contributed by atoms with Crippen LogP contribution < -0.4 is 19.9 Å². The summed E-state index contributed by atoms with van der Waals surface area (Å²) in [7, 11) is 3.07. The van der Waals surface area contributed by atoms with Crippen LogP contribution in [0.1, 0.15) is 13.8 Å². The lowest BCUT2D eigenvalue weighted by Gasteiger charge is -2.18. The van der Waals surface area contributed by atoms with Crippen LogP contribution in [-0.2, 0) is 0 Å². The van der Waals surface area contributed by atoms with Gasteiger partial charge in [-0.1, -0.05) is 0 Å². The van der Waals surface area contributed by atoms with Gasteiger partial charge in [-0.2, -0.15) is 0 Å². The van der Waals surface area contributed by atoms with E-state index in [0.717, 1.165) is 0 Å². The maximum atomic E-state index is 5.94. The largest absolute Gasteiger partial charge is 0.493 e. The maximum absolute atomic E-state index is 5.94. The Morgan fingerprint density at radius 1 is 1.15 bits per heavy atom. The Morgan fingerprint density at radius 2 is 1.85 bits per heavy atom. The van der Waals surface area contributed by atoms with Crippen molar-refractivity contribution in [3.05, 3.63) is 11.3 Å². The molecule has 2 N–H and O–H groups in total. The van der Waals surface area contributed by atoms with Crippen molar-refractivity contribution >= 4 is 28.3 Å². The number of aromatic nitrogens is 2. The van der Waals surface area contributed by atoms with Crippen LogP contribution in [0.3, 0.4) is 0 Å². The third-order valence-corrected chi connectivity index (χ3v) is 2.81. The van der Waals surface area contributed by atoms with Crippen molar-refractivity contribution in [2.45, 2.75) is 20.0 Å². The van der Waals surface area contributed by atoms with E-state index in [-0.39, 0.29) is 17.2 Å². The van der Waals surface area contributed by atoms with E-state index in [1.165, 1.54) is 14.2 Å². The molecule has 7 heteroatoms. The summed E-state index contributed by atoms with van der Waals surface area (Å²) in [6.45, 7) is 3.80. The first kappa shape index (κ1) is 14.5. The number of ether oxygens (including phenoxy) is 3. The van der Waals surface area contributed by atoms with E-state index < -0.39 is 0 Å². The topological polar surface area (TPSA) is 79.5 Å². The van der Waals surface area contributed by atoms with E-state index in [0.29, 0.717) is 28.2 Å². The Labute approximate surface area is 121 Å². The summed E-state index contributed by atoms with van der Waals surface area (Å²) in [6.07, 6.45) is -0.0747. The van der Waals surface area contributed by atoms with Crippen LogP contribution in [0.5, 0.6) is 17.2 Å². The summed E-state index contributed by atoms with van der Waals surface area (Å²) in [5.41, 5.74) is 6.47. The molecule has 1 aromatic carbocycles. The summed E-state index contributed by atoms with van der Waals surface area (Å²) in [5.74, 6) is 1.62. The molecule has 0 unspecified atom stereocenters. The van der Waals surface area contributed by atoms with Crippen LogP contribution in [0.2, 0.25) is 5.28 Å². The Balaban J connectivity index is 2.86. The van der Waals surface area contributed by atoms with Gasteiger partial charge in [-0.15, -0.1) is 0 Å². The normalized spacial score (nSPS) is 10.9. The molecule has 2 rings (SSSR count). The molecular weight excluding hydrogens is 282 g/mol. The molecule has 0 fully saturated rings. The Morgan fingerprint density at radius 3 is 2.40 bits per heavy atom. The summed E-state index contributed by atoms with van der Waals surface area (Å²) in [6, 6.07) is 1.69. The minimum atomic E-state index is -0.0747. The smallest absolute Gasteiger partial charge is 0.224 e. The predicted octanol–water partition coefficient (Wildman–Crippen LogP) is 2.67. The van der Waals surface area contributed by atoms with E-state index in [1.807, 2.05) is 13.8 Å². The molecule has 108 valence electrons. The monoisotopic (exact) mass is 297 g/mol. The number of halogens is 1. The molecule has 0 radical (unpaired) electrons. The van der Waals surface area contributed by atoms with Crippen LogP contribution in [0, 0.1) is 0 Å². The lowest BCUT2D eigenvalue weighted by atomic mass is 10.1. The standard InChI is InChI=1S/C13H16ClN3O3/c1-6(2)20-11-9-7(16-13(14)17-12(9)15)5-8(18-3)10(11)19-4/h5-6H,1-4H3,(H2,15,16,17). The summed E-state index contributed by atoms with van der Waals surface area (Å²) >= 11 is 5.84. The average molecular weight is 298 g/mol. The van der Waals surface area contributed by atoms with Gasteiger partial charge in [0, 0.05) is 6.07 Å². The number of hydrogen-bond donors (Lipinski definition) is 1. The van der Waals surface area contributed by atoms with E-state index in [9.17, 15) is 0 Å². The Kier molecular flexibility index (Phi) is 4.04. The van der Waals surface area contributed by atoms with Gasteiger partial charge in [-0.25, -0.2) is 9.97 Å². The van der Waals surface area contributed by atoms with Crippen LogP contribution in [0.15, 0.2) is 6.07 Å². The first-order valence-electron chi connectivity index (χ1n) is 6.02. The van der Waals surface area contributed by atoms with Crippen LogP contribution in [-0.4, -0.2) is 30.3 Å². The molecule has 0 atom stereocenters. The zero-order chi connectivity index (χ0) is 14.9. The molecule has 0 amide bonds. The first-order chi connectivity index (χ1) is 9.47. The molecule has 0 spiro atoms. The van der Waals surface area contributed by atoms with Crippen molar-refractivity contribution in [3.63, 3.8) is 0 Å². The van der Waals surface area contributed by atoms with Crippen molar-refractivity contribution in [1.82, 2.24) is 9.97 Å². The number of hydrogen-bond acceptors (Lipinski definition) is 6. The fourth-order valence-electron chi connectivity index (χ4n) is 1.91. The number of nitrogen functional groups attached to an aromatic ring is 1. The molecule has 2 aromatic rings. The molecule has 20 heavy (non-hydrogen) atoms. The number of nitrogens with two attached hydrogens (primary N) is 1. The highest BCUT2D eigenvalue weighted by Gasteiger charge is 2.21. The van der Waals surface area contributed by atoms with Gasteiger partial charge in [-0.3, -0.25) is 0 Å². The minimum absolute atomic E-state index is 0.0673. The molecule has 1 heterocycles. The highest BCUT2D eigenvalue weighted by atomic mass is 35.5. The molecule has 0 saturated heterocycles. The van der Waals surface area contributed by atoms with Gasteiger partial charge in [0.2, 0.25) is 11.0 Å². The quantitative estimate of drug-likeness (QED) is 0.874. The molecule has 0 aliphatic heterocycles. The third-order valence-electron chi connectivity index (χ3n) is 2.64. The molecule has 0 bridgehead atoms. The lowest BCUT2D eigenvalue weighted by Crippen LogP contribution is -2.09. The van der Waals surface area contributed by atoms with Gasteiger partial charge in [-0.05, 0) is 25.4 Å². The number of nitrogens with zero attached hydrogens (tertiary/aromatic N) is 2. The fourth-order valence-corrected chi connectivity index (χ4v) is 2.09. The van der Waals surface area contributed by atoms with E-state index in [1.54, 1.807) is 6.07 Å². The maximum Gasteiger partial charge on any atom is 0.224 e. The average Bonchev–Trinajstić information content (AvgIpc) is 2.36. The summed E-state index contributed by atoms with van der Waals surface area (Å²) in [4.78, 5) is 8.10. The van der Waals surface area contributed by atoms with Crippen LogP contribution in [0.25, 0.3) is 10.9 Å². The van der Waals surface area contributed by atoms with Crippen LogP contribution in [0.4, 0.5) is 5.82 Å². The van der Waals surface area contributed by atoms with Gasteiger partial charge < -0.3 is 19.9 Å². The second-order valence-electron chi connectivity index (χ2n) is 4.38. The highest BCUT2D eigenvalue weighted by molar-refractivity contribution is 6.29. The third kappa shape index (κ3) is 2.51. The number of anilines is 1. The Bertz CT molecular complexity index is 647. The number of fused-ring (bicyclic) bond motifs is 1. The Hall–Kier alpha value is -1.95. The molecule has 1 aromatic heterocycles. The summed E-state index contributed by atoms with van der Waals surface area (Å²) < 4.78 is 16.5. The van der Waals surface area contributed by atoms with E-state index >= 15 is 0 Å². The molecular formula is C13H16ClN3O3.